The largest absolute Gasteiger partial charge is 0.480 e. The lowest BCUT2D eigenvalue weighted by Gasteiger charge is -2.24. The molecule has 1 heterocycles. The Morgan fingerprint density at radius 3 is 2.64 bits per heavy atom. The first-order chi connectivity index (χ1) is 5.11. The number of carboxylic acids is 1. The molecular formula is C7H11NO3. The lowest BCUT2D eigenvalue weighted by molar-refractivity contribution is -0.141. The lowest BCUT2D eigenvalue weighted by atomic mass is 10.0. The SMILES string of the molecule is O=C(O)C1NC2(O)CCC1C2. The molecule has 2 aliphatic rings. The molecule has 0 aromatic heterocycles. The number of carbonyl (C=O) groups is 1. The second kappa shape index (κ2) is 1.95. The molecule has 4 heteroatoms. The number of fused-ring (bicyclic) bond motifs is 2. The topological polar surface area (TPSA) is 69.6 Å². The van der Waals surface area contributed by atoms with Crippen LogP contribution in [-0.4, -0.2) is 27.9 Å². The molecule has 3 atom stereocenters. The molecule has 0 aromatic carbocycles. The minimum Gasteiger partial charge on any atom is -0.480 e. The van der Waals surface area contributed by atoms with E-state index in [9.17, 15) is 9.90 Å². The van der Waals surface area contributed by atoms with E-state index in [-0.39, 0.29) is 5.92 Å². The Labute approximate surface area is 64.2 Å². The zero-order valence-electron chi connectivity index (χ0n) is 6.08. The smallest absolute Gasteiger partial charge is 0.321 e. The highest BCUT2D eigenvalue weighted by Crippen LogP contribution is 2.41. The Morgan fingerprint density at radius 1 is 1.64 bits per heavy atom. The van der Waals surface area contributed by atoms with Crippen molar-refractivity contribution in [3.8, 4) is 0 Å². The number of rotatable bonds is 1. The summed E-state index contributed by atoms with van der Waals surface area (Å²) in [4.78, 5) is 10.6. The van der Waals surface area contributed by atoms with Crippen molar-refractivity contribution in [1.82, 2.24) is 5.32 Å². The molecule has 1 saturated heterocycles. The minimum atomic E-state index is -0.867. The molecule has 1 aliphatic heterocycles. The fourth-order valence-electron chi connectivity index (χ4n) is 2.15. The Balaban J connectivity index is 2.16. The predicted molar refractivity (Wildman–Crippen MR) is 36.9 cm³/mol. The molecule has 62 valence electrons. The van der Waals surface area contributed by atoms with E-state index < -0.39 is 17.7 Å². The zero-order chi connectivity index (χ0) is 8.06. The third kappa shape index (κ3) is 0.937. The number of piperidine rings is 1. The van der Waals surface area contributed by atoms with Crippen LogP contribution >= 0.6 is 0 Å². The van der Waals surface area contributed by atoms with Gasteiger partial charge in [0.2, 0.25) is 0 Å². The van der Waals surface area contributed by atoms with Gasteiger partial charge in [-0.3, -0.25) is 10.1 Å². The van der Waals surface area contributed by atoms with E-state index >= 15 is 0 Å². The van der Waals surface area contributed by atoms with Gasteiger partial charge < -0.3 is 10.2 Å². The molecule has 11 heavy (non-hydrogen) atoms. The molecule has 2 bridgehead atoms. The minimum absolute atomic E-state index is 0.137. The van der Waals surface area contributed by atoms with Gasteiger partial charge in [0.15, 0.2) is 0 Å². The number of hydrogen-bond donors (Lipinski definition) is 3. The van der Waals surface area contributed by atoms with Gasteiger partial charge in [-0.05, 0) is 25.2 Å². The molecule has 0 aromatic rings. The summed E-state index contributed by atoms with van der Waals surface area (Å²) in [5.41, 5.74) is -0.867. The van der Waals surface area contributed by atoms with E-state index in [1.165, 1.54) is 0 Å². The van der Waals surface area contributed by atoms with Gasteiger partial charge in [-0.15, -0.1) is 0 Å². The van der Waals surface area contributed by atoms with Crippen LogP contribution in [0.25, 0.3) is 0 Å². The molecule has 4 nitrogen and oxygen atoms in total. The molecule has 3 unspecified atom stereocenters. The molecule has 1 aliphatic carbocycles. The van der Waals surface area contributed by atoms with Crippen molar-refractivity contribution >= 4 is 5.97 Å². The van der Waals surface area contributed by atoms with Crippen LogP contribution in [-0.2, 0) is 4.79 Å². The van der Waals surface area contributed by atoms with Crippen LogP contribution < -0.4 is 5.32 Å². The second-order valence-electron chi connectivity index (χ2n) is 3.49. The fourth-order valence-corrected chi connectivity index (χ4v) is 2.15. The van der Waals surface area contributed by atoms with Crippen LogP contribution in [0.2, 0.25) is 0 Å². The van der Waals surface area contributed by atoms with Gasteiger partial charge in [0.05, 0.1) is 0 Å². The monoisotopic (exact) mass is 157 g/mol. The van der Waals surface area contributed by atoms with Crippen LogP contribution in [0.3, 0.4) is 0 Å². The molecule has 1 saturated carbocycles. The summed E-state index contributed by atoms with van der Waals surface area (Å²) in [7, 11) is 0. The van der Waals surface area contributed by atoms with Crippen LogP contribution in [0.4, 0.5) is 0 Å². The maximum absolute atomic E-state index is 10.6. The summed E-state index contributed by atoms with van der Waals surface area (Å²) in [5, 5.41) is 21.0. The number of carboxylic acid groups (broad SMARTS) is 1. The van der Waals surface area contributed by atoms with Gasteiger partial charge in [0.25, 0.3) is 0 Å². The maximum atomic E-state index is 10.6. The third-order valence-electron chi connectivity index (χ3n) is 2.69. The normalized spacial score (nSPS) is 48.1. The number of aliphatic hydroxyl groups is 1. The quantitative estimate of drug-likeness (QED) is 0.481. The zero-order valence-corrected chi connectivity index (χ0v) is 6.08. The van der Waals surface area contributed by atoms with Crippen molar-refractivity contribution in [1.29, 1.82) is 0 Å². The van der Waals surface area contributed by atoms with Crippen molar-refractivity contribution in [2.75, 3.05) is 0 Å². The van der Waals surface area contributed by atoms with Crippen LogP contribution in [0.5, 0.6) is 0 Å². The van der Waals surface area contributed by atoms with E-state index in [1.807, 2.05) is 0 Å². The molecular weight excluding hydrogens is 146 g/mol. The first-order valence-corrected chi connectivity index (χ1v) is 3.84. The highest BCUT2D eigenvalue weighted by atomic mass is 16.4. The summed E-state index contributed by atoms with van der Waals surface area (Å²) < 4.78 is 0. The maximum Gasteiger partial charge on any atom is 0.321 e. The van der Waals surface area contributed by atoms with E-state index in [4.69, 9.17) is 5.11 Å². The van der Waals surface area contributed by atoms with Gasteiger partial charge in [0.1, 0.15) is 11.8 Å². The third-order valence-corrected chi connectivity index (χ3v) is 2.69. The van der Waals surface area contributed by atoms with Crippen molar-refractivity contribution in [3.63, 3.8) is 0 Å². The fraction of sp³-hybridized carbons (Fsp3) is 0.857. The lowest BCUT2D eigenvalue weighted by Crippen LogP contribution is -2.48. The molecule has 0 radical (unpaired) electrons. The summed E-state index contributed by atoms with van der Waals surface area (Å²) in [6.07, 6.45) is 2.13. The summed E-state index contributed by atoms with van der Waals surface area (Å²) in [6.45, 7) is 0. The van der Waals surface area contributed by atoms with Crippen molar-refractivity contribution in [2.24, 2.45) is 5.92 Å². The predicted octanol–water partition coefficient (Wildman–Crippen LogP) is -0.469. The van der Waals surface area contributed by atoms with E-state index in [2.05, 4.69) is 5.32 Å². The average Bonchev–Trinajstić information content (AvgIpc) is 2.41. The van der Waals surface area contributed by atoms with Crippen LogP contribution in [0, 0.1) is 5.92 Å². The molecule has 0 spiro atoms. The molecule has 3 N–H and O–H groups in total. The highest BCUT2D eigenvalue weighted by molar-refractivity contribution is 5.74. The van der Waals surface area contributed by atoms with Crippen LogP contribution in [0.15, 0.2) is 0 Å². The second-order valence-corrected chi connectivity index (χ2v) is 3.49. The standard InChI is InChI=1S/C7H11NO3/c9-6(10)5-4-1-2-7(11,3-4)8-5/h4-5,8,11H,1-3H2,(H,9,10). The van der Waals surface area contributed by atoms with Gasteiger partial charge in [-0.1, -0.05) is 0 Å². The van der Waals surface area contributed by atoms with E-state index in [0.29, 0.717) is 12.8 Å². The number of nitrogens with one attached hydrogen (secondary N) is 1. The van der Waals surface area contributed by atoms with Crippen molar-refractivity contribution in [2.45, 2.75) is 31.0 Å². The van der Waals surface area contributed by atoms with Crippen molar-refractivity contribution < 1.29 is 15.0 Å². The number of hydrogen-bond acceptors (Lipinski definition) is 3. The Bertz CT molecular complexity index is 206. The summed E-state index contributed by atoms with van der Waals surface area (Å²) in [5.74, 6) is -0.705. The Kier molecular flexibility index (Phi) is 1.25. The van der Waals surface area contributed by atoms with E-state index in [1.54, 1.807) is 0 Å². The highest BCUT2D eigenvalue weighted by Gasteiger charge is 2.51. The van der Waals surface area contributed by atoms with E-state index in [0.717, 1.165) is 6.42 Å². The summed E-state index contributed by atoms with van der Waals surface area (Å²) >= 11 is 0. The van der Waals surface area contributed by atoms with Gasteiger partial charge >= 0.3 is 5.97 Å². The average molecular weight is 157 g/mol. The Morgan fingerprint density at radius 2 is 2.36 bits per heavy atom. The van der Waals surface area contributed by atoms with Gasteiger partial charge in [0, 0.05) is 0 Å². The molecule has 2 fully saturated rings. The summed E-state index contributed by atoms with van der Waals surface area (Å²) in [6, 6.07) is -0.520. The van der Waals surface area contributed by atoms with Crippen molar-refractivity contribution in [3.05, 3.63) is 0 Å². The number of aliphatic carboxylic acids is 1. The molecule has 2 rings (SSSR count). The van der Waals surface area contributed by atoms with Gasteiger partial charge in [-0.2, -0.15) is 0 Å². The van der Waals surface area contributed by atoms with Crippen LogP contribution in [0.1, 0.15) is 19.3 Å². The Hall–Kier alpha value is -0.610. The van der Waals surface area contributed by atoms with Gasteiger partial charge in [-0.25, -0.2) is 0 Å². The first-order valence-electron chi connectivity index (χ1n) is 3.84. The molecule has 0 amide bonds. The first kappa shape index (κ1) is 7.06.